The van der Waals surface area contributed by atoms with Gasteiger partial charge in [0.15, 0.2) is 0 Å². The molecule has 18 heavy (non-hydrogen) atoms. The van der Waals surface area contributed by atoms with Gasteiger partial charge in [-0.1, -0.05) is 6.92 Å². The predicted octanol–water partition coefficient (Wildman–Crippen LogP) is 2.74. The quantitative estimate of drug-likeness (QED) is 0.900. The van der Waals surface area contributed by atoms with E-state index in [9.17, 15) is 4.39 Å². The molecule has 2 rings (SSSR count). The summed E-state index contributed by atoms with van der Waals surface area (Å²) in [6.07, 6.45) is 1.79. The molecule has 0 radical (unpaired) electrons. The smallest absolute Gasteiger partial charge is 0.123 e. The first-order chi connectivity index (χ1) is 8.63. The van der Waals surface area contributed by atoms with Crippen molar-refractivity contribution in [3.05, 3.63) is 47.3 Å². The molecule has 96 valence electrons. The fraction of sp³-hybridized carbons (Fsp3) is 0.357. The molecule has 2 aromatic rings. The van der Waals surface area contributed by atoms with Crippen molar-refractivity contribution in [1.29, 1.82) is 0 Å². The number of nitrogens with zero attached hydrogens (tertiary/aromatic N) is 2. The fourth-order valence-corrected chi connectivity index (χ4v) is 1.93. The minimum atomic E-state index is -0.207. The fourth-order valence-electron chi connectivity index (χ4n) is 1.93. The number of nitrogens with one attached hydrogen (secondary N) is 1. The van der Waals surface area contributed by atoms with Gasteiger partial charge in [-0.25, -0.2) is 9.37 Å². The summed E-state index contributed by atoms with van der Waals surface area (Å²) in [5.74, 6) is -0.207. The maximum absolute atomic E-state index is 13.3. The molecule has 0 saturated carbocycles. The third-order valence-electron chi connectivity index (χ3n) is 3.12. The highest BCUT2D eigenvalue weighted by Crippen LogP contribution is 2.19. The molecular formula is C14H18FN3. The molecule has 1 N–H and O–H groups in total. The number of aryl methyl sites for hydroxylation is 1. The van der Waals surface area contributed by atoms with Crippen molar-refractivity contribution in [2.75, 3.05) is 6.54 Å². The average Bonchev–Trinajstić information content (AvgIpc) is 2.68. The molecule has 0 amide bonds. The molecule has 0 bridgehead atoms. The van der Waals surface area contributed by atoms with Gasteiger partial charge in [-0.05, 0) is 44.2 Å². The Morgan fingerprint density at radius 3 is 2.72 bits per heavy atom. The Kier molecular flexibility index (Phi) is 3.77. The van der Waals surface area contributed by atoms with Crippen LogP contribution in [0.4, 0.5) is 4.39 Å². The first-order valence-electron chi connectivity index (χ1n) is 6.13. The lowest BCUT2D eigenvalue weighted by molar-refractivity contribution is 0.620. The van der Waals surface area contributed by atoms with Gasteiger partial charge in [0.1, 0.15) is 5.82 Å². The second-order valence-electron chi connectivity index (χ2n) is 4.34. The molecule has 1 heterocycles. The zero-order valence-electron chi connectivity index (χ0n) is 11.0. The summed E-state index contributed by atoms with van der Waals surface area (Å²) in [7, 11) is 0. The Labute approximate surface area is 107 Å². The lowest BCUT2D eigenvalue weighted by Crippen LogP contribution is -2.14. The minimum absolute atomic E-state index is 0.207. The van der Waals surface area contributed by atoms with Crippen LogP contribution < -0.4 is 5.32 Å². The van der Waals surface area contributed by atoms with Gasteiger partial charge in [0.25, 0.3) is 0 Å². The van der Waals surface area contributed by atoms with Crippen molar-refractivity contribution in [1.82, 2.24) is 14.9 Å². The summed E-state index contributed by atoms with van der Waals surface area (Å²) in [5.41, 5.74) is 4.00. The van der Waals surface area contributed by atoms with E-state index in [1.807, 2.05) is 25.3 Å². The van der Waals surface area contributed by atoms with E-state index < -0.39 is 0 Å². The van der Waals surface area contributed by atoms with Crippen LogP contribution in [0, 0.1) is 19.7 Å². The molecule has 1 aromatic carbocycles. The van der Waals surface area contributed by atoms with E-state index in [-0.39, 0.29) is 5.82 Å². The summed E-state index contributed by atoms with van der Waals surface area (Å²) in [6, 6.07) is 4.86. The van der Waals surface area contributed by atoms with Crippen LogP contribution in [0.2, 0.25) is 0 Å². The van der Waals surface area contributed by atoms with Crippen LogP contribution in [-0.4, -0.2) is 16.1 Å². The molecule has 0 unspecified atom stereocenters. The monoisotopic (exact) mass is 247 g/mol. The van der Waals surface area contributed by atoms with Crippen LogP contribution in [0.5, 0.6) is 0 Å². The highest BCUT2D eigenvalue weighted by Gasteiger charge is 2.09. The lowest BCUT2D eigenvalue weighted by atomic mass is 10.1. The van der Waals surface area contributed by atoms with Crippen molar-refractivity contribution >= 4 is 0 Å². The van der Waals surface area contributed by atoms with Gasteiger partial charge in [0.2, 0.25) is 0 Å². The van der Waals surface area contributed by atoms with E-state index >= 15 is 0 Å². The van der Waals surface area contributed by atoms with Crippen LogP contribution in [0.1, 0.15) is 23.9 Å². The molecule has 4 heteroatoms. The van der Waals surface area contributed by atoms with Crippen LogP contribution in [-0.2, 0) is 6.54 Å². The summed E-state index contributed by atoms with van der Waals surface area (Å²) in [4.78, 5) is 4.29. The van der Waals surface area contributed by atoms with Crippen molar-refractivity contribution in [2.24, 2.45) is 0 Å². The SMILES string of the molecule is CCNCc1cc(F)ccc1-n1cnc(C)c1C. The predicted molar refractivity (Wildman–Crippen MR) is 70.4 cm³/mol. The summed E-state index contributed by atoms with van der Waals surface area (Å²) >= 11 is 0. The van der Waals surface area contributed by atoms with Gasteiger partial charge < -0.3 is 9.88 Å². The maximum atomic E-state index is 13.3. The van der Waals surface area contributed by atoms with Gasteiger partial charge in [-0.2, -0.15) is 0 Å². The molecule has 0 fully saturated rings. The van der Waals surface area contributed by atoms with Crippen molar-refractivity contribution in [3.8, 4) is 5.69 Å². The van der Waals surface area contributed by atoms with Gasteiger partial charge in [0, 0.05) is 12.2 Å². The maximum Gasteiger partial charge on any atom is 0.123 e. The van der Waals surface area contributed by atoms with Crippen LogP contribution >= 0.6 is 0 Å². The number of halogens is 1. The number of hydrogen-bond acceptors (Lipinski definition) is 2. The Morgan fingerprint density at radius 2 is 2.11 bits per heavy atom. The van der Waals surface area contributed by atoms with Crippen molar-refractivity contribution in [2.45, 2.75) is 27.3 Å². The first-order valence-corrected chi connectivity index (χ1v) is 6.13. The molecule has 0 atom stereocenters. The summed E-state index contributed by atoms with van der Waals surface area (Å²) in [5, 5.41) is 3.23. The highest BCUT2D eigenvalue weighted by atomic mass is 19.1. The normalized spacial score (nSPS) is 10.9. The molecular weight excluding hydrogens is 229 g/mol. The lowest BCUT2D eigenvalue weighted by Gasteiger charge is -2.12. The second-order valence-corrected chi connectivity index (χ2v) is 4.34. The third-order valence-corrected chi connectivity index (χ3v) is 3.12. The first kappa shape index (κ1) is 12.8. The van der Waals surface area contributed by atoms with E-state index in [1.54, 1.807) is 18.5 Å². The second kappa shape index (κ2) is 5.31. The van der Waals surface area contributed by atoms with E-state index in [0.717, 1.165) is 29.2 Å². The minimum Gasteiger partial charge on any atom is -0.313 e. The van der Waals surface area contributed by atoms with Gasteiger partial charge in [0.05, 0.1) is 17.7 Å². The zero-order valence-corrected chi connectivity index (χ0v) is 11.0. The standard InChI is InChI=1S/C14H18FN3/c1-4-16-8-12-7-13(15)5-6-14(12)18-9-17-10(2)11(18)3/h5-7,9,16H,4,8H2,1-3H3. The van der Waals surface area contributed by atoms with Crippen LogP contribution in [0.3, 0.4) is 0 Å². The Morgan fingerprint density at radius 1 is 1.33 bits per heavy atom. The zero-order chi connectivity index (χ0) is 13.1. The Hall–Kier alpha value is -1.68. The summed E-state index contributed by atoms with van der Waals surface area (Å²) in [6.45, 7) is 7.53. The molecule has 0 spiro atoms. The van der Waals surface area contributed by atoms with Gasteiger partial charge in [-0.15, -0.1) is 0 Å². The van der Waals surface area contributed by atoms with E-state index in [0.29, 0.717) is 6.54 Å². The van der Waals surface area contributed by atoms with Crippen molar-refractivity contribution in [3.63, 3.8) is 0 Å². The Bertz CT molecular complexity index is 546. The highest BCUT2D eigenvalue weighted by molar-refractivity contribution is 5.43. The largest absolute Gasteiger partial charge is 0.313 e. The van der Waals surface area contributed by atoms with Crippen molar-refractivity contribution < 1.29 is 4.39 Å². The molecule has 3 nitrogen and oxygen atoms in total. The number of rotatable bonds is 4. The molecule has 0 saturated heterocycles. The number of aromatic nitrogens is 2. The van der Waals surface area contributed by atoms with E-state index in [2.05, 4.69) is 10.3 Å². The number of benzene rings is 1. The van der Waals surface area contributed by atoms with Crippen LogP contribution in [0.25, 0.3) is 5.69 Å². The summed E-state index contributed by atoms with van der Waals surface area (Å²) < 4.78 is 15.3. The topological polar surface area (TPSA) is 29.9 Å². The Balaban J connectivity index is 2.46. The third kappa shape index (κ3) is 2.43. The van der Waals surface area contributed by atoms with E-state index in [1.165, 1.54) is 6.07 Å². The molecule has 0 aliphatic rings. The average molecular weight is 247 g/mol. The molecule has 0 aliphatic heterocycles. The van der Waals surface area contributed by atoms with Gasteiger partial charge in [-0.3, -0.25) is 0 Å². The van der Waals surface area contributed by atoms with E-state index in [4.69, 9.17) is 0 Å². The van der Waals surface area contributed by atoms with Crippen LogP contribution in [0.15, 0.2) is 24.5 Å². The molecule has 0 aliphatic carbocycles. The number of hydrogen-bond donors (Lipinski definition) is 1. The molecule has 1 aromatic heterocycles. The number of imidazole rings is 1. The van der Waals surface area contributed by atoms with Gasteiger partial charge >= 0.3 is 0 Å².